The normalized spacial score (nSPS) is 12.0. The van der Waals surface area contributed by atoms with E-state index in [2.05, 4.69) is 42.0 Å². The van der Waals surface area contributed by atoms with Crippen LogP contribution in [0.4, 0.5) is 0 Å². The summed E-state index contributed by atoms with van der Waals surface area (Å²) in [4.78, 5) is 16.1. The highest BCUT2D eigenvalue weighted by Gasteiger charge is 2.21. The van der Waals surface area contributed by atoms with Crippen molar-refractivity contribution in [3.8, 4) is 17.3 Å². The first-order valence-electron chi connectivity index (χ1n) is 7.83. The van der Waals surface area contributed by atoms with E-state index in [9.17, 15) is 10.1 Å². The number of fused-ring (bicyclic) bond motifs is 1. The first-order valence-corrected chi connectivity index (χ1v) is 7.83. The molecule has 1 N–H and O–H groups in total. The molecule has 0 saturated carbocycles. The van der Waals surface area contributed by atoms with Crippen LogP contribution in [-0.4, -0.2) is 24.4 Å². The van der Waals surface area contributed by atoms with E-state index in [1.54, 1.807) is 6.20 Å². The monoisotopic (exact) mass is 324 g/mol. The maximum Gasteiger partial charge on any atom is 0.278 e. The maximum absolute atomic E-state index is 12.8. The van der Waals surface area contributed by atoms with Gasteiger partial charge in [0, 0.05) is 17.3 Å². The summed E-state index contributed by atoms with van der Waals surface area (Å²) in [7, 11) is 0. The summed E-state index contributed by atoms with van der Waals surface area (Å²) in [6.45, 7) is 10.1. The Morgan fingerprint density at radius 3 is 2.50 bits per heavy atom. The number of aromatic amines is 1. The molecule has 0 bridgehead atoms. The van der Waals surface area contributed by atoms with Crippen molar-refractivity contribution in [2.75, 3.05) is 0 Å². The van der Waals surface area contributed by atoms with Crippen molar-refractivity contribution >= 4 is 5.65 Å². The summed E-state index contributed by atoms with van der Waals surface area (Å²) in [5.41, 5.74) is 2.52. The molecule has 0 fully saturated rings. The molecule has 3 heterocycles. The van der Waals surface area contributed by atoms with E-state index < -0.39 is 0 Å². The summed E-state index contributed by atoms with van der Waals surface area (Å²) in [5, 5.41) is 17.7. The van der Waals surface area contributed by atoms with Crippen molar-refractivity contribution in [3.63, 3.8) is 0 Å². The Morgan fingerprint density at radius 2 is 1.96 bits per heavy atom. The summed E-state index contributed by atoms with van der Waals surface area (Å²) in [6, 6.07) is 2.06. The molecule has 3 aromatic rings. The molecule has 0 spiro atoms. The van der Waals surface area contributed by atoms with Crippen molar-refractivity contribution < 1.29 is 0 Å². The quantitative estimate of drug-likeness (QED) is 0.784. The molecule has 0 radical (unpaired) electrons. The largest absolute Gasteiger partial charge is 0.338 e. The number of nitriles is 1. The molecule has 0 amide bonds. The molecule has 0 unspecified atom stereocenters. The molecule has 0 atom stereocenters. The summed E-state index contributed by atoms with van der Waals surface area (Å²) in [6.07, 6.45) is 5.05. The topological polar surface area (TPSA) is 91.8 Å². The predicted octanol–water partition coefficient (Wildman–Crippen LogP) is 2.64. The van der Waals surface area contributed by atoms with E-state index in [1.807, 2.05) is 24.7 Å². The van der Waals surface area contributed by atoms with Crippen LogP contribution in [0.3, 0.4) is 0 Å². The van der Waals surface area contributed by atoms with E-state index in [0.717, 1.165) is 5.56 Å². The van der Waals surface area contributed by atoms with Crippen molar-refractivity contribution in [2.24, 2.45) is 0 Å². The van der Waals surface area contributed by atoms with Crippen LogP contribution in [0, 0.1) is 11.3 Å². The van der Waals surface area contributed by atoms with Crippen molar-refractivity contribution in [1.82, 2.24) is 24.4 Å². The third kappa shape index (κ3) is 2.40. The fraction of sp³-hybridized carbons (Fsp3) is 0.412. The molecule has 7 nitrogen and oxygen atoms in total. The lowest BCUT2D eigenvalue weighted by Gasteiger charge is -2.18. The number of hydrogen-bond acceptors (Lipinski definition) is 4. The lowest BCUT2D eigenvalue weighted by molar-refractivity contribution is 0.355. The average molecular weight is 324 g/mol. The van der Waals surface area contributed by atoms with Crippen LogP contribution < -0.4 is 5.56 Å². The average Bonchev–Trinajstić information content (AvgIpc) is 3.12. The van der Waals surface area contributed by atoms with Crippen LogP contribution in [0.25, 0.3) is 16.9 Å². The van der Waals surface area contributed by atoms with E-state index in [1.165, 1.54) is 10.7 Å². The van der Waals surface area contributed by atoms with Crippen LogP contribution in [-0.2, 0) is 5.54 Å². The minimum Gasteiger partial charge on any atom is -0.338 e. The first-order chi connectivity index (χ1) is 11.2. The van der Waals surface area contributed by atoms with Gasteiger partial charge in [0.2, 0.25) is 0 Å². The number of nitrogens with zero attached hydrogens (tertiary/aromatic N) is 5. The number of rotatable bonds is 2. The van der Waals surface area contributed by atoms with Gasteiger partial charge in [0.25, 0.3) is 5.56 Å². The zero-order valence-electron chi connectivity index (χ0n) is 14.5. The van der Waals surface area contributed by atoms with E-state index in [-0.39, 0.29) is 17.0 Å². The fourth-order valence-corrected chi connectivity index (χ4v) is 2.69. The van der Waals surface area contributed by atoms with Crippen LogP contribution >= 0.6 is 0 Å². The predicted molar refractivity (Wildman–Crippen MR) is 90.8 cm³/mol. The molecule has 0 aliphatic rings. The Hall–Kier alpha value is -2.88. The SMILES string of the molecule is CC(C)c1c(-c2cnn(C(C)(C)C)c2)[nH]c2c(C#N)cnn2c1=O. The standard InChI is InChI=1S/C17H20N6O/c1-10(2)13-14(12-8-19-22(9-12)17(3,4)5)21-15-11(6-18)7-20-23(15)16(13)24/h7-10,21H,1-5H3. The summed E-state index contributed by atoms with van der Waals surface area (Å²) in [5.74, 6) is 0.000808. The Kier molecular flexibility index (Phi) is 3.56. The Labute approximate surface area is 139 Å². The molecular formula is C17H20N6O. The van der Waals surface area contributed by atoms with Gasteiger partial charge < -0.3 is 4.98 Å². The molecule has 124 valence electrons. The minimum atomic E-state index is -0.209. The number of hydrogen-bond donors (Lipinski definition) is 1. The van der Waals surface area contributed by atoms with Crippen LogP contribution in [0.5, 0.6) is 0 Å². The van der Waals surface area contributed by atoms with Crippen LogP contribution in [0.1, 0.15) is 51.7 Å². The lowest BCUT2D eigenvalue weighted by atomic mass is 10.00. The third-order valence-corrected chi connectivity index (χ3v) is 3.96. The van der Waals surface area contributed by atoms with Crippen molar-refractivity contribution in [2.45, 2.75) is 46.1 Å². The highest BCUT2D eigenvalue weighted by Crippen LogP contribution is 2.27. The van der Waals surface area contributed by atoms with Gasteiger partial charge >= 0.3 is 0 Å². The van der Waals surface area contributed by atoms with Gasteiger partial charge in [-0.3, -0.25) is 9.48 Å². The number of aromatic nitrogens is 5. The van der Waals surface area contributed by atoms with E-state index in [0.29, 0.717) is 22.5 Å². The second-order valence-electron chi connectivity index (χ2n) is 7.15. The van der Waals surface area contributed by atoms with E-state index >= 15 is 0 Å². The fourth-order valence-electron chi connectivity index (χ4n) is 2.69. The molecule has 0 aromatic carbocycles. The number of nitrogens with one attached hydrogen (secondary N) is 1. The van der Waals surface area contributed by atoms with Crippen LogP contribution in [0.2, 0.25) is 0 Å². The Bertz CT molecular complexity index is 1010. The minimum absolute atomic E-state index is 0.000808. The molecule has 0 saturated heterocycles. The second-order valence-corrected chi connectivity index (χ2v) is 7.15. The summed E-state index contributed by atoms with van der Waals surface area (Å²) >= 11 is 0. The molecule has 3 aromatic heterocycles. The lowest BCUT2D eigenvalue weighted by Crippen LogP contribution is -2.23. The first kappa shape index (κ1) is 16.0. The van der Waals surface area contributed by atoms with Gasteiger partial charge in [0.15, 0.2) is 5.65 Å². The number of H-pyrrole nitrogens is 1. The zero-order valence-corrected chi connectivity index (χ0v) is 14.5. The van der Waals surface area contributed by atoms with Crippen molar-refractivity contribution in [3.05, 3.63) is 40.1 Å². The third-order valence-electron chi connectivity index (χ3n) is 3.96. The van der Waals surface area contributed by atoms with Gasteiger partial charge in [-0.05, 0) is 26.7 Å². The second kappa shape index (κ2) is 5.34. The highest BCUT2D eigenvalue weighted by molar-refractivity contribution is 5.67. The van der Waals surface area contributed by atoms with Crippen LogP contribution in [0.15, 0.2) is 23.4 Å². The molecule has 0 aliphatic carbocycles. The van der Waals surface area contributed by atoms with Gasteiger partial charge in [-0.25, -0.2) is 0 Å². The highest BCUT2D eigenvalue weighted by atomic mass is 16.1. The molecule has 24 heavy (non-hydrogen) atoms. The van der Waals surface area contributed by atoms with Gasteiger partial charge in [-0.2, -0.15) is 20.0 Å². The zero-order chi connectivity index (χ0) is 17.6. The van der Waals surface area contributed by atoms with Crippen molar-refractivity contribution in [1.29, 1.82) is 5.26 Å². The molecule has 3 rings (SSSR count). The maximum atomic E-state index is 12.8. The molecular weight excluding hydrogens is 304 g/mol. The summed E-state index contributed by atoms with van der Waals surface area (Å²) < 4.78 is 3.11. The Balaban J connectivity index is 2.34. The van der Waals surface area contributed by atoms with Gasteiger partial charge in [0.1, 0.15) is 11.6 Å². The smallest absolute Gasteiger partial charge is 0.278 e. The van der Waals surface area contributed by atoms with Gasteiger partial charge in [-0.1, -0.05) is 13.8 Å². The van der Waals surface area contributed by atoms with Gasteiger partial charge in [-0.15, -0.1) is 0 Å². The van der Waals surface area contributed by atoms with E-state index in [4.69, 9.17) is 0 Å². The Morgan fingerprint density at radius 1 is 1.25 bits per heavy atom. The molecule has 0 aliphatic heterocycles. The van der Waals surface area contributed by atoms with Gasteiger partial charge in [0.05, 0.1) is 23.6 Å². The molecule has 7 heteroatoms.